The molecule has 4 aromatic rings. The number of rotatable bonds is 7. The van der Waals surface area contributed by atoms with Gasteiger partial charge in [0.15, 0.2) is 11.0 Å². The molecule has 5 rings (SSSR count). The van der Waals surface area contributed by atoms with Crippen LogP contribution < -0.4 is 10.2 Å². The Hall–Kier alpha value is -4.45. The first kappa shape index (κ1) is 26.2. The van der Waals surface area contributed by atoms with Gasteiger partial charge < -0.3 is 9.88 Å². The largest absolute Gasteiger partial charge is 0.416 e. The zero-order valence-corrected chi connectivity index (χ0v) is 21.2. The number of carbonyl (C=O) groups excluding carboxylic acids is 3. The molecule has 0 spiro atoms. The summed E-state index contributed by atoms with van der Waals surface area (Å²) < 4.78 is 40.6. The molecule has 0 atom stereocenters. The molecular weight excluding hydrogens is 531 g/mol. The van der Waals surface area contributed by atoms with E-state index in [1.165, 1.54) is 12.1 Å². The van der Waals surface area contributed by atoms with Crippen LogP contribution in [0, 0.1) is 0 Å². The van der Waals surface area contributed by atoms with Gasteiger partial charge in [0.05, 0.1) is 28.1 Å². The molecule has 3 amide bonds. The molecule has 0 radical (unpaired) electrons. The van der Waals surface area contributed by atoms with Crippen molar-refractivity contribution < 1.29 is 27.6 Å². The number of fused-ring (bicyclic) bond motifs is 1. The van der Waals surface area contributed by atoms with Gasteiger partial charge in [-0.05, 0) is 61.5 Å². The minimum atomic E-state index is -4.51. The van der Waals surface area contributed by atoms with Crippen LogP contribution in [0.3, 0.4) is 0 Å². The van der Waals surface area contributed by atoms with Gasteiger partial charge in [-0.25, -0.2) is 4.90 Å². The van der Waals surface area contributed by atoms with Gasteiger partial charge in [0, 0.05) is 17.8 Å². The summed E-state index contributed by atoms with van der Waals surface area (Å²) in [5, 5.41) is 11.3. The molecule has 0 unspecified atom stereocenters. The van der Waals surface area contributed by atoms with Gasteiger partial charge in [-0.3, -0.25) is 14.4 Å². The van der Waals surface area contributed by atoms with Gasteiger partial charge in [0.1, 0.15) is 0 Å². The maximum atomic E-state index is 12.9. The third-order valence-electron chi connectivity index (χ3n) is 6.02. The van der Waals surface area contributed by atoms with Crippen molar-refractivity contribution in [1.29, 1.82) is 0 Å². The summed E-state index contributed by atoms with van der Waals surface area (Å²) in [7, 11) is 0. The molecule has 0 aliphatic carbocycles. The van der Waals surface area contributed by atoms with E-state index in [1.54, 1.807) is 53.1 Å². The molecule has 0 bridgehead atoms. The molecule has 198 valence electrons. The zero-order valence-electron chi connectivity index (χ0n) is 20.4. The van der Waals surface area contributed by atoms with Crippen molar-refractivity contribution >= 4 is 40.9 Å². The summed E-state index contributed by atoms with van der Waals surface area (Å²) in [5.74, 6) is -0.832. The van der Waals surface area contributed by atoms with Gasteiger partial charge in [-0.15, -0.1) is 10.2 Å². The quantitative estimate of drug-likeness (QED) is 0.240. The molecule has 3 aromatic carbocycles. The highest BCUT2D eigenvalue weighted by Gasteiger charge is 2.36. The van der Waals surface area contributed by atoms with Crippen LogP contribution in [0.5, 0.6) is 0 Å². The molecule has 1 aliphatic rings. The van der Waals surface area contributed by atoms with Crippen molar-refractivity contribution in [3.8, 4) is 11.4 Å². The fourth-order valence-electron chi connectivity index (χ4n) is 4.18. The van der Waals surface area contributed by atoms with E-state index in [0.717, 1.165) is 28.8 Å². The summed E-state index contributed by atoms with van der Waals surface area (Å²) >= 11 is 1.10. The standard InChI is InChI=1S/C27H20F3N5O3S/c1-2-34-23(16-10-12-19(13-11-16)35-24(37)20-8-3-4-9-21(20)25(35)38)32-33-26(34)39-15-22(36)31-18-7-5-6-17(14-18)27(28,29)30/h3-14H,2,15H2,1H3,(H,31,36). The van der Waals surface area contributed by atoms with Crippen molar-refractivity contribution in [3.05, 3.63) is 89.5 Å². The summed E-state index contributed by atoms with van der Waals surface area (Å²) in [6, 6.07) is 17.8. The van der Waals surface area contributed by atoms with Crippen molar-refractivity contribution in [2.24, 2.45) is 0 Å². The molecule has 0 fully saturated rings. The SMILES string of the molecule is CCn1c(SCC(=O)Nc2cccc(C(F)(F)F)c2)nnc1-c1ccc(N2C(=O)c3ccccc3C2=O)cc1. The predicted octanol–water partition coefficient (Wildman–Crippen LogP) is 5.52. The third kappa shape index (κ3) is 5.15. The van der Waals surface area contributed by atoms with E-state index in [-0.39, 0.29) is 23.3 Å². The summed E-state index contributed by atoms with van der Waals surface area (Å²) in [4.78, 5) is 39.0. The van der Waals surface area contributed by atoms with Crippen LogP contribution in [0.4, 0.5) is 24.5 Å². The maximum Gasteiger partial charge on any atom is 0.416 e. The van der Waals surface area contributed by atoms with Crippen molar-refractivity contribution in [2.75, 3.05) is 16.0 Å². The molecule has 12 heteroatoms. The first-order valence-corrected chi connectivity index (χ1v) is 12.8. The number of hydrogen-bond acceptors (Lipinski definition) is 6. The minimum absolute atomic E-state index is 0.0474. The molecule has 8 nitrogen and oxygen atoms in total. The Morgan fingerprint density at radius 3 is 2.21 bits per heavy atom. The third-order valence-corrected chi connectivity index (χ3v) is 6.98. The van der Waals surface area contributed by atoms with Crippen molar-refractivity contribution in [1.82, 2.24) is 14.8 Å². The van der Waals surface area contributed by atoms with Crippen LogP contribution in [-0.2, 0) is 17.5 Å². The van der Waals surface area contributed by atoms with Crippen LogP contribution in [0.15, 0.2) is 78.0 Å². The normalized spacial score (nSPS) is 13.1. The number of thioether (sulfide) groups is 1. The number of aromatic nitrogens is 3. The van der Waals surface area contributed by atoms with E-state index in [1.807, 2.05) is 6.92 Å². The average molecular weight is 552 g/mol. The van der Waals surface area contributed by atoms with Gasteiger partial charge in [-0.2, -0.15) is 13.2 Å². The summed E-state index contributed by atoms with van der Waals surface area (Å²) in [6.07, 6.45) is -4.51. The fourth-order valence-corrected chi connectivity index (χ4v) is 4.98. The van der Waals surface area contributed by atoms with Crippen LogP contribution in [0.2, 0.25) is 0 Å². The van der Waals surface area contributed by atoms with Gasteiger partial charge in [-0.1, -0.05) is 30.0 Å². The number of carbonyl (C=O) groups is 3. The molecule has 0 saturated heterocycles. The van der Waals surface area contributed by atoms with Crippen LogP contribution in [0.25, 0.3) is 11.4 Å². The average Bonchev–Trinajstić information content (AvgIpc) is 3.45. The monoisotopic (exact) mass is 551 g/mol. The topological polar surface area (TPSA) is 97.2 Å². The molecule has 1 aromatic heterocycles. The van der Waals surface area contributed by atoms with Crippen LogP contribution in [0.1, 0.15) is 33.2 Å². The van der Waals surface area contributed by atoms with E-state index >= 15 is 0 Å². The number of benzene rings is 3. The Morgan fingerprint density at radius 1 is 0.923 bits per heavy atom. The smallest absolute Gasteiger partial charge is 0.325 e. The van der Waals surface area contributed by atoms with Crippen molar-refractivity contribution in [3.63, 3.8) is 0 Å². The molecule has 1 aliphatic heterocycles. The van der Waals surface area contributed by atoms with Gasteiger partial charge in [0.25, 0.3) is 11.8 Å². The highest BCUT2D eigenvalue weighted by atomic mass is 32.2. The lowest BCUT2D eigenvalue weighted by atomic mass is 10.1. The van der Waals surface area contributed by atoms with Crippen LogP contribution in [-0.4, -0.2) is 38.2 Å². The first-order chi connectivity index (χ1) is 18.7. The van der Waals surface area contributed by atoms with Crippen molar-refractivity contribution in [2.45, 2.75) is 24.8 Å². The molecule has 39 heavy (non-hydrogen) atoms. The summed E-state index contributed by atoms with van der Waals surface area (Å²) in [6.45, 7) is 2.37. The van der Waals surface area contributed by atoms with E-state index < -0.39 is 17.6 Å². The molecule has 2 heterocycles. The number of nitrogens with zero attached hydrogens (tertiary/aromatic N) is 4. The van der Waals surface area contributed by atoms with Gasteiger partial charge in [0.2, 0.25) is 5.91 Å². The molecular formula is C27H20F3N5O3S. The Labute approximate surface area is 224 Å². The second-order valence-corrected chi connectivity index (χ2v) is 9.45. The van der Waals surface area contributed by atoms with Crippen LogP contribution >= 0.6 is 11.8 Å². The second-order valence-electron chi connectivity index (χ2n) is 8.50. The number of alkyl halides is 3. The zero-order chi connectivity index (χ0) is 27.7. The summed E-state index contributed by atoms with van der Waals surface area (Å²) in [5.41, 5.74) is 1.02. The Morgan fingerprint density at radius 2 is 1.59 bits per heavy atom. The molecule has 0 saturated carbocycles. The number of nitrogens with one attached hydrogen (secondary N) is 1. The number of hydrogen-bond donors (Lipinski definition) is 1. The first-order valence-electron chi connectivity index (χ1n) is 11.8. The second kappa shape index (κ2) is 10.4. The number of imide groups is 1. The van der Waals surface area contributed by atoms with E-state index in [2.05, 4.69) is 15.5 Å². The number of amides is 3. The Bertz CT molecular complexity index is 1550. The molecule has 1 N–H and O–H groups in total. The fraction of sp³-hybridized carbons (Fsp3) is 0.148. The lowest BCUT2D eigenvalue weighted by molar-refractivity contribution is -0.137. The highest BCUT2D eigenvalue weighted by molar-refractivity contribution is 7.99. The lowest BCUT2D eigenvalue weighted by Crippen LogP contribution is -2.29. The Kier molecular flexibility index (Phi) is 6.96. The predicted molar refractivity (Wildman–Crippen MR) is 140 cm³/mol. The Balaban J connectivity index is 1.27. The number of halogens is 3. The van der Waals surface area contributed by atoms with Gasteiger partial charge >= 0.3 is 6.18 Å². The minimum Gasteiger partial charge on any atom is -0.325 e. The lowest BCUT2D eigenvalue weighted by Gasteiger charge is -2.14. The highest BCUT2D eigenvalue weighted by Crippen LogP contribution is 2.32. The van der Waals surface area contributed by atoms with E-state index in [9.17, 15) is 27.6 Å². The van der Waals surface area contributed by atoms with E-state index in [0.29, 0.717) is 39.9 Å². The van der Waals surface area contributed by atoms with E-state index in [4.69, 9.17) is 0 Å². The number of anilines is 2. The maximum absolute atomic E-state index is 12.9.